The number of nitrogens with zero attached hydrogens (tertiary/aromatic N) is 2. The first-order valence-electron chi connectivity index (χ1n) is 10.5. The predicted molar refractivity (Wildman–Crippen MR) is 122 cm³/mol. The minimum atomic E-state index is 0. The van der Waals surface area contributed by atoms with Crippen LogP contribution in [0.1, 0.15) is 22.5 Å². The molecule has 2 aromatic heterocycles. The van der Waals surface area contributed by atoms with Crippen molar-refractivity contribution in [2.45, 2.75) is 12.8 Å². The quantitative estimate of drug-likeness (QED) is 0.172. The molecule has 0 atom stereocenters. The van der Waals surface area contributed by atoms with Crippen LogP contribution >= 0.6 is 0 Å². The summed E-state index contributed by atoms with van der Waals surface area (Å²) in [6.45, 7) is 0. The summed E-state index contributed by atoms with van der Waals surface area (Å²) in [6.07, 6.45) is 6.18. The molecule has 5 aromatic rings. The highest BCUT2D eigenvalue weighted by Gasteiger charge is 2.15. The van der Waals surface area contributed by atoms with Gasteiger partial charge in [0.05, 0.1) is 12.8 Å². The van der Waals surface area contributed by atoms with Gasteiger partial charge in [0.2, 0.25) is 0 Å². The van der Waals surface area contributed by atoms with Crippen LogP contribution in [0.25, 0.3) is 21.5 Å². The van der Waals surface area contributed by atoms with E-state index in [1.165, 1.54) is 44.1 Å². The maximum Gasteiger partial charge on any atom is 0.193 e. The van der Waals surface area contributed by atoms with Gasteiger partial charge < -0.3 is 48.0 Å². The second-order valence-electron chi connectivity index (χ2n) is 8.09. The van der Waals surface area contributed by atoms with E-state index in [0.717, 1.165) is 12.8 Å². The van der Waals surface area contributed by atoms with Crippen LogP contribution in [0.3, 0.4) is 0 Å². The van der Waals surface area contributed by atoms with Gasteiger partial charge in [0.15, 0.2) is 23.8 Å². The van der Waals surface area contributed by atoms with Crippen LogP contribution in [0.2, 0.25) is 0 Å². The maximum absolute atomic E-state index is 2.36. The normalized spacial score (nSPS) is 10.6. The highest BCUT2D eigenvalue weighted by molar-refractivity contribution is 5.84. The van der Waals surface area contributed by atoms with Crippen LogP contribution in [0.5, 0.6) is 0 Å². The van der Waals surface area contributed by atoms with Crippen molar-refractivity contribution in [2.24, 2.45) is 14.1 Å². The molecule has 0 aliphatic heterocycles. The second-order valence-corrected chi connectivity index (χ2v) is 8.09. The Hall–Kier alpha value is -2.06. The topological polar surface area (TPSA) is 7.76 Å². The number of pyridine rings is 2. The molecule has 0 radical (unpaired) electrons. The minimum Gasteiger partial charge on any atom is -1.00 e. The number of aromatic nitrogens is 2. The average molecular weight is 644 g/mol. The number of rotatable bonds is 4. The maximum atomic E-state index is 2.36. The molecule has 4 heteroatoms. The molecule has 162 valence electrons. The van der Waals surface area contributed by atoms with Crippen LogP contribution in [0, 0.1) is 0 Å². The monoisotopic (exact) mass is 644 g/mol. The van der Waals surface area contributed by atoms with Gasteiger partial charge in [0, 0.05) is 22.9 Å². The van der Waals surface area contributed by atoms with Crippen molar-refractivity contribution >= 4 is 21.5 Å². The third-order valence-corrected chi connectivity index (χ3v) is 6.08. The molecule has 0 aliphatic carbocycles. The zero-order valence-corrected chi connectivity index (χ0v) is 22.6. The summed E-state index contributed by atoms with van der Waals surface area (Å²) in [6, 6.07) is 30.7. The number of hydrogen-bond donors (Lipinski definition) is 0. The number of aryl methyl sites for hydroxylation is 2. The third-order valence-electron chi connectivity index (χ3n) is 6.08. The van der Waals surface area contributed by atoms with Gasteiger partial charge in [-0.3, -0.25) is 0 Å². The van der Waals surface area contributed by atoms with Crippen molar-refractivity contribution in [3.63, 3.8) is 0 Å². The molecule has 0 N–H and O–H groups in total. The Morgan fingerprint density at radius 3 is 1.44 bits per heavy atom. The summed E-state index contributed by atoms with van der Waals surface area (Å²) in [5.74, 6) is 0. The van der Waals surface area contributed by atoms with E-state index in [-0.39, 0.29) is 48.0 Å². The highest BCUT2D eigenvalue weighted by Crippen LogP contribution is 2.21. The fraction of sp³-hybridized carbons (Fsp3) is 0.143. The van der Waals surface area contributed by atoms with E-state index in [4.69, 9.17) is 0 Å². The van der Waals surface area contributed by atoms with E-state index in [1.54, 1.807) is 0 Å². The van der Waals surface area contributed by atoms with Gasteiger partial charge >= 0.3 is 0 Å². The Morgan fingerprint density at radius 2 is 0.969 bits per heavy atom. The summed E-state index contributed by atoms with van der Waals surface area (Å²) in [5.41, 5.74) is 5.40. The van der Waals surface area contributed by atoms with E-state index in [0.29, 0.717) is 0 Å². The van der Waals surface area contributed by atoms with Crippen molar-refractivity contribution in [2.75, 3.05) is 0 Å². The van der Waals surface area contributed by atoms with Crippen LogP contribution in [0.15, 0.2) is 97.3 Å². The molecule has 2 nitrogen and oxygen atoms in total. The van der Waals surface area contributed by atoms with E-state index in [2.05, 4.69) is 121 Å². The molecule has 0 spiro atoms. The van der Waals surface area contributed by atoms with Gasteiger partial charge in [-0.2, -0.15) is 0 Å². The van der Waals surface area contributed by atoms with E-state index in [1.807, 2.05) is 0 Å². The predicted octanol–water partition coefficient (Wildman–Crippen LogP) is -1.17. The Balaban J connectivity index is 0.00000144. The number of fused-ring (bicyclic) bond motifs is 2. The fourth-order valence-electron chi connectivity index (χ4n) is 4.43. The van der Waals surface area contributed by atoms with Gasteiger partial charge in [-0.15, -0.1) is 0 Å². The molecule has 0 aliphatic rings. The van der Waals surface area contributed by atoms with Crippen molar-refractivity contribution in [1.29, 1.82) is 0 Å². The van der Waals surface area contributed by atoms with Crippen LogP contribution in [-0.2, 0) is 26.9 Å². The Bertz CT molecular complexity index is 1280. The number of hydrogen-bond acceptors (Lipinski definition) is 0. The van der Waals surface area contributed by atoms with Gasteiger partial charge in [-0.1, -0.05) is 60.7 Å². The molecule has 0 bridgehead atoms. The third kappa shape index (κ3) is 4.96. The van der Waals surface area contributed by atoms with Crippen molar-refractivity contribution in [3.05, 3.63) is 120 Å². The first-order chi connectivity index (χ1) is 14.7. The lowest BCUT2D eigenvalue weighted by Crippen LogP contribution is -3.00. The zero-order valence-electron chi connectivity index (χ0n) is 18.3. The molecule has 0 saturated heterocycles. The van der Waals surface area contributed by atoms with Crippen LogP contribution in [-0.4, -0.2) is 0 Å². The molecule has 32 heavy (non-hydrogen) atoms. The fourth-order valence-corrected chi connectivity index (χ4v) is 4.43. The first-order valence-corrected chi connectivity index (χ1v) is 10.5. The standard InChI is InChI=1S/C28H26N2.2HI/c1-29-16-14-23-10-3-5-12-25(23)27(29)19-21-8-7-9-22(18-21)20-28-26-13-6-4-11-24(26)15-17-30(28)2;;/h3-18H,19-20H2,1-2H3;2*1H/q+2;;/p-2. The minimum absolute atomic E-state index is 0. The van der Waals surface area contributed by atoms with E-state index in [9.17, 15) is 0 Å². The molecular formula is C28H26I2N2. The van der Waals surface area contributed by atoms with Gasteiger partial charge in [0.25, 0.3) is 0 Å². The molecule has 0 saturated carbocycles. The van der Waals surface area contributed by atoms with Crippen LogP contribution in [0.4, 0.5) is 0 Å². The first kappa shape index (κ1) is 24.6. The van der Waals surface area contributed by atoms with Gasteiger partial charge in [0.1, 0.15) is 14.1 Å². The van der Waals surface area contributed by atoms with Crippen molar-refractivity contribution in [3.8, 4) is 0 Å². The molecular weight excluding hydrogens is 618 g/mol. The van der Waals surface area contributed by atoms with E-state index < -0.39 is 0 Å². The second kappa shape index (κ2) is 10.7. The average Bonchev–Trinajstić information content (AvgIpc) is 2.78. The van der Waals surface area contributed by atoms with Crippen molar-refractivity contribution < 1.29 is 57.1 Å². The molecule has 0 unspecified atom stereocenters. The SMILES string of the molecule is C[n+]1ccc2ccccc2c1Cc1cccc(Cc2c3ccccc3cc[n+]2C)c1.[I-].[I-]. The number of benzene rings is 3. The van der Waals surface area contributed by atoms with Crippen LogP contribution < -0.4 is 57.1 Å². The Labute approximate surface area is 224 Å². The smallest absolute Gasteiger partial charge is 0.193 e. The van der Waals surface area contributed by atoms with Gasteiger partial charge in [-0.05, 0) is 34.0 Å². The molecule has 0 amide bonds. The largest absolute Gasteiger partial charge is 1.00 e. The van der Waals surface area contributed by atoms with Gasteiger partial charge in [-0.25, -0.2) is 9.13 Å². The summed E-state index contributed by atoms with van der Waals surface area (Å²) in [5, 5.41) is 5.25. The summed E-state index contributed by atoms with van der Waals surface area (Å²) < 4.78 is 4.50. The summed E-state index contributed by atoms with van der Waals surface area (Å²) >= 11 is 0. The van der Waals surface area contributed by atoms with Crippen molar-refractivity contribution in [1.82, 2.24) is 0 Å². The molecule has 5 rings (SSSR count). The summed E-state index contributed by atoms with van der Waals surface area (Å²) in [4.78, 5) is 0. The number of halogens is 2. The zero-order chi connectivity index (χ0) is 20.5. The molecule has 0 fully saturated rings. The highest BCUT2D eigenvalue weighted by atomic mass is 127. The Kier molecular flexibility index (Phi) is 8.22. The lowest BCUT2D eigenvalue weighted by atomic mass is 9.98. The molecule has 2 heterocycles. The van der Waals surface area contributed by atoms with E-state index >= 15 is 0 Å². The lowest BCUT2D eigenvalue weighted by Gasteiger charge is -2.08. The lowest BCUT2D eigenvalue weighted by molar-refractivity contribution is -0.677. The Morgan fingerprint density at radius 1 is 0.531 bits per heavy atom. The molecule has 3 aromatic carbocycles. The summed E-state index contributed by atoms with van der Waals surface area (Å²) in [7, 11) is 4.28.